The zero-order valence-corrected chi connectivity index (χ0v) is 5.96. The summed E-state index contributed by atoms with van der Waals surface area (Å²) in [6, 6.07) is 2.94. The number of rotatable bonds is 2. The molecule has 0 unspecified atom stereocenters. The number of quaternary nitrogens is 1. The van der Waals surface area contributed by atoms with E-state index in [0.717, 1.165) is 0 Å². The van der Waals surface area contributed by atoms with Gasteiger partial charge in [-0.05, 0) is 0 Å². The lowest BCUT2D eigenvalue weighted by molar-refractivity contribution is -0.114. The third-order valence-corrected chi connectivity index (χ3v) is 0.742. The molecule has 0 aliphatic carbocycles. The van der Waals surface area contributed by atoms with Crippen LogP contribution in [-0.2, 0) is 4.79 Å². The lowest BCUT2D eigenvalue weighted by Gasteiger charge is -1.86. The summed E-state index contributed by atoms with van der Waals surface area (Å²) in [5, 5.41) is 24.1. The fourth-order valence-electron chi connectivity index (χ4n) is 0.310. The first-order valence-electron chi connectivity index (χ1n) is 2.33. The average molecular weight is 150 g/mol. The van der Waals surface area contributed by atoms with Crippen LogP contribution in [0.15, 0.2) is 5.57 Å². The van der Waals surface area contributed by atoms with Gasteiger partial charge in [0, 0.05) is 0 Å². The molecule has 0 atom stereocenters. The van der Waals surface area contributed by atoms with E-state index in [0.29, 0.717) is 0 Å². The Bertz CT molecular complexity index is 274. The SMILES string of the molecule is N#CCC(=O)C(=C=[N-])C#N.[NH4+]. The average Bonchev–Trinajstić information content (AvgIpc) is 1.91. The Morgan fingerprint density at radius 3 is 2.27 bits per heavy atom. The van der Waals surface area contributed by atoms with Gasteiger partial charge < -0.3 is 11.6 Å². The molecule has 0 spiro atoms. The molecule has 0 heterocycles. The summed E-state index contributed by atoms with van der Waals surface area (Å²) in [5.74, 6) is 0.676. The highest BCUT2D eigenvalue weighted by Crippen LogP contribution is 1.91. The second-order valence-electron chi connectivity index (χ2n) is 1.36. The van der Waals surface area contributed by atoms with Crippen LogP contribution in [0.4, 0.5) is 0 Å². The van der Waals surface area contributed by atoms with Gasteiger partial charge in [-0.15, -0.1) is 0 Å². The van der Waals surface area contributed by atoms with Crippen molar-refractivity contribution in [3.8, 4) is 12.1 Å². The first-order valence-corrected chi connectivity index (χ1v) is 2.33. The van der Waals surface area contributed by atoms with Crippen molar-refractivity contribution in [2.75, 3.05) is 0 Å². The molecule has 0 rings (SSSR count). The highest BCUT2D eigenvalue weighted by Gasteiger charge is 2.03. The summed E-state index contributed by atoms with van der Waals surface area (Å²) >= 11 is 0. The van der Waals surface area contributed by atoms with Crippen LogP contribution in [-0.4, -0.2) is 11.7 Å². The van der Waals surface area contributed by atoms with Crippen molar-refractivity contribution in [1.29, 1.82) is 10.5 Å². The van der Waals surface area contributed by atoms with Crippen molar-refractivity contribution in [2.45, 2.75) is 6.42 Å². The minimum absolute atomic E-state index is 0. The monoisotopic (exact) mass is 150 g/mol. The molecule has 0 aromatic heterocycles. The van der Waals surface area contributed by atoms with Crippen LogP contribution in [0, 0.1) is 22.7 Å². The van der Waals surface area contributed by atoms with Crippen LogP contribution in [0.3, 0.4) is 0 Å². The van der Waals surface area contributed by atoms with Gasteiger partial charge in [0.15, 0.2) is 5.78 Å². The Labute approximate surface area is 63.6 Å². The van der Waals surface area contributed by atoms with Gasteiger partial charge in [-0.2, -0.15) is 10.5 Å². The number of hydrogen-bond acceptors (Lipinski definition) is 3. The lowest BCUT2D eigenvalue weighted by Crippen LogP contribution is -1.98. The summed E-state index contributed by atoms with van der Waals surface area (Å²) in [7, 11) is 0. The number of carbonyl (C=O) groups excluding carboxylic acids is 1. The van der Waals surface area contributed by atoms with Crippen molar-refractivity contribution in [2.24, 2.45) is 0 Å². The minimum Gasteiger partial charge on any atom is -0.762 e. The molecule has 0 bridgehead atoms. The van der Waals surface area contributed by atoms with Gasteiger partial charge in [-0.25, -0.2) is 5.87 Å². The van der Waals surface area contributed by atoms with E-state index in [1.807, 2.05) is 0 Å². The second-order valence-corrected chi connectivity index (χ2v) is 1.36. The topological polar surface area (TPSA) is 123 Å². The molecule has 0 aromatic rings. The summed E-state index contributed by atoms with van der Waals surface area (Å²) < 4.78 is 0. The fraction of sp³-hybridized carbons (Fsp3) is 0.167. The van der Waals surface area contributed by atoms with Gasteiger partial charge in [0.05, 0.1) is 12.5 Å². The fourth-order valence-corrected chi connectivity index (χ4v) is 0.310. The number of nitrogens with zero attached hydrogens (tertiary/aromatic N) is 3. The smallest absolute Gasteiger partial charge is 0.193 e. The molecule has 5 heteroatoms. The van der Waals surface area contributed by atoms with Gasteiger partial charge in [0.25, 0.3) is 0 Å². The van der Waals surface area contributed by atoms with Crippen molar-refractivity contribution in [3.63, 3.8) is 0 Å². The molecule has 0 aliphatic rings. The van der Waals surface area contributed by atoms with E-state index in [1.54, 1.807) is 6.07 Å². The Hall–Kier alpha value is -1.94. The molecule has 0 aliphatic heterocycles. The zero-order valence-electron chi connectivity index (χ0n) is 5.96. The largest absolute Gasteiger partial charge is 0.762 e. The van der Waals surface area contributed by atoms with Crippen molar-refractivity contribution in [1.82, 2.24) is 6.15 Å². The van der Waals surface area contributed by atoms with Crippen LogP contribution in [0.2, 0.25) is 0 Å². The third kappa shape index (κ3) is 3.61. The maximum atomic E-state index is 10.5. The molecule has 0 aromatic carbocycles. The molecule has 0 saturated heterocycles. The normalized spacial score (nSPS) is 6.00. The van der Waals surface area contributed by atoms with Crippen molar-refractivity contribution >= 4 is 11.7 Å². The molecule has 0 saturated carbocycles. The van der Waals surface area contributed by atoms with Crippen molar-refractivity contribution in [3.05, 3.63) is 11.0 Å². The standard InChI is InChI=1S/C6H2N3O.H3N/c7-2-1-6(10)5(3-8)4-9;/h1H2;1H3/q-1;/p+1. The minimum atomic E-state index is -0.715. The molecule has 0 radical (unpaired) electrons. The first-order chi connectivity index (χ1) is 4.76. The van der Waals surface area contributed by atoms with E-state index in [1.165, 1.54) is 11.9 Å². The number of hydrogen-bond donors (Lipinski definition) is 1. The number of ketones is 1. The van der Waals surface area contributed by atoms with E-state index in [2.05, 4.69) is 0 Å². The Morgan fingerprint density at radius 1 is 1.45 bits per heavy atom. The van der Waals surface area contributed by atoms with Gasteiger partial charge in [0.2, 0.25) is 0 Å². The maximum Gasteiger partial charge on any atom is 0.193 e. The maximum absolute atomic E-state index is 10.5. The summed E-state index contributed by atoms with van der Waals surface area (Å²) in [6.45, 7) is 0. The molecule has 5 nitrogen and oxygen atoms in total. The van der Waals surface area contributed by atoms with Gasteiger partial charge >= 0.3 is 0 Å². The Morgan fingerprint density at radius 2 is 2.00 bits per heavy atom. The Balaban J connectivity index is 0. The van der Waals surface area contributed by atoms with Crippen molar-refractivity contribution < 1.29 is 4.79 Å². The number of Topliss-reactive ketones (excluding diaryl/α,β-unsaturated/α-hetero) is 1. The van der Waals surface area contributed by atoms with Crippen LogP contribution < -0.4 is 6.15 Å². The number of nitriles is 2. The zero-order chi connectivity index (χ0) is 7.98. The van der Waals surface area contributed by atoms with Crippen LogP contribution >= 0.6 is 0 Å². The molecule has 11 heavy (non-hydrogen) atoms. The molecule has 56 valence electrons. The first kappa shape index (κ1) is 11.8. The summed E-state index contributed by atoms with van der Waals surface area (Å²) in [4.78, 5) is 10.5. The molecule has 0 fully saturated rings. The van der Waals surface area contributed by atoms with Gasteiger partial charge in [-0.1, -0.05) is 0 Å². The van der Waals surface area contributed by atoms with Crippen LogP contribution in [0.1, 0.15) is 6.42 Å². The molecular weight excluding hydrogens is 144 g/mol. The molecule has 0 amide bonds. The van der Waals surface area contributed by atoms with E-state index in [9.17, 15) is 4.79 Å². The van der Waals surface area contributed by atoms with E-state index in [-0.39, 0.29) is 6.15 Å². The third-order valence-electron chi connectivity index (χ3n) is 0.742. The molecular formula is C6H6N4O. The number of allylic oxidation sites excluding steroid dienone is 1. The highest BCUT2D eigenvalue weighted by molar-refractivity contribution is 6.07. The van der Waals surface area contributed by atoms with E-state index < -0.39 is 17.8 Å². The van der Waals surface area contributed by atoms with Crippen LogP contribution in [0.25, 0.3) is 5.41 Å². The number of carbonyl (C=O) groups is 1. The van der Waals surface area contributed by atoms with E-state index >= 15 is 0 Å². The summed E-state index contributed by atoms with van der Waals surface area (Å²) in [5.41, 5.74) is -0.512. The highest BCUT2D eigenvalue weighted by atomic mass is 16.1. The van der Waals surface area contributed by atoms with Gasteiger partial charge in [0.1, 0.15) is 11.6 Å². The predicted molar refractivity (Wildman–Crippen MR) is 38.7 cm³/mol. The molecule has 4 N–H and O–H groups in total. The lowest BCUT2D eigenvalue weighted by atomic mass is 10.2. The Kier molecular flexibility index (Phi) is 6.64. The van der Waals surface area contributed by atoms with Gasteiger partial charge in [-0.3, -0.25) is 4.79 Å². The summed E-state index contributed by atoms with van der Waals surface area (Å²) in [6.07, 6.45) is -0.406. The van der Waals surface area contributed by atoms with Crippen LogP contribution in [0.5, 0.6) is 0 Å². The second kappa shape index (κ2) is 6.18. The predicted octanol–water partition coefficient (Wildman–Crippen LogP) is 0.534. The quantitative estimate of drug-likeness (QED) is 0.350. The van der Waals surface area contributed by atoms with E-state index in [4.69, 9.17) is 15.9 Å².